The number of aromatic nitrogens is 1. The molecule has 24 heavy (non-hydrogen) atoms. The largest absolute Gasteiger partial charge is 0.481 e. The molecule has 1 aromatic heterocycles. The van der Waals surface area contributed by atoms with Gasteiger partial charge in [0.15, 0.2) is 0 Å². The zero-order chi connectivity index (χ0) is 16.9. The van der Waals surface area contributed by atoms with Crippen LogP contribution >= 0.6 is 0 Å². The molecule has 1 aliphatic carbocycles. The summed E-state index contributed by atoms with van der Waals surface area (Å²) in [5.74, 6) is -0.0185. The normalized spacial score (nSPS) is 24.5. The predicted molar refractivity (Wildman–Crippen MR) is 89.9 cm³/mol. The number of carboxylic acid groups (broad SMARTS) is 1. The van der Waals surface area contributed by atoms with E-state index in [9.17, 15) is 9.59 Å². The minimum atomic E-state index is -0.717. The van der Waals surface area contributed by atoms with Gasteiger partial charge in [0.25, 0.3) is 0 Å². The first-order valence-electron chi connectivity index (χ1n) is 8.57. The van der Waals surface area contributed by atoms with Crippen molar-refractivity contribution in [3.05, 3.63) is 24.4 Å². The molecule has 2 fully saturated rings. The summed E-state index contributed by atoms with van der Waals surface area (Å²) in [5, 5.41) is 12.1. The Balaban J connectivity index is 1.43. The maximum Gasteiger partial charge on any atom is 0.317 e. The molecule has 7 heteroatoms. The number of rotatable bonds is 3. The predicted octanol–water partition coefficient (Wildman–Crippen LogP) is 1.56. The lowest BCUT2D eigenvalue weighted by molar-refractivity contribution is -0.142. The van der Waals surface area contributed by atoms with Gasteiger partial charge in [-0.05, 0) is 37.8 Å². The molecule has 0 atom stereocenters. The number of hydrogen-bond acceptors (Lipinski definition) is 4. The molecule has 2 N–H and O–H groups in total. The molecule has 0 radical (unpaired) electrons. The molecule has 1 aliphatic heterocycles. The van der Waals surface area contributed by atoms with Gasteiger partial charge in [-0.2, -0.15) is 0 Å². The maximum absolute atomic E-state index is 12.4. The zero-order valence-electron chi connectivity index (χ0n) is 13.7. The van der Waals surface area contributed by atoms with E-state index >= 15 is 0 Å². The number of pyridine rings is 1. The Hall–Kier alpha value is -2.31. The minimum Gasteiger partial charge on any atom is -0.481 e. The van der Waals surface area contributed by atoms with E-state index in [1.807, 2.05) is 23.1 Å². The Morgan fingerprint density at radius 1 is 1.08 bits per heavy atom. The lowest BCUT2D eigenvalue weighted by Crippen LogP contribution is -2.54. The van der Waals surface area contributed by atoms with Crippen LogP contribution in [0.1, 0.15) is 25.7 Å². The van der Waals surface area contributed by atoms with Crippen molar-refractivity contribution in [3.8, 4) is 0 Å². The van der Waals surface area contributed by atoms with Crippen molar-refractivity contribution >= 4 is 17.8 Å². The van der Waals surface area contributed by atoms with E-state index in [0.29, 0.717) is 25.9 Å². The Kier molecular flexibility index (Phi) is 5.17. The number of amides is 2. The molecule has 130 valence electrons. The smallest absolute Gasteiger partial charge is 0.317 e. The van der Waals surface area contributed by atoms with Crippen LogP contribution in [0.25, 0.3) is 0 Å². The third kappa shape index (κ3) is 3.96. The van der Waals surface area contributed by atoms with E-state index in [0.717, 1.165) is 31.7 Å². The van der Waals surface area contributed by atoms with E-state index in [1.54, 1.807) is 6.20 Å². The average Bonchev–Trinajstić information content (AvgIpc) is 2.63. The first-order chi connectivity index (χ1) is 11.6. The monoisotopic (exact) mass is 332 g/mol. The van der Waals surface area contributed by atoms with Gasteiger partial charge in [0, 0.05) is 38.4 Å². The van der Waals surface area contributed by atoms with Gasteiger partial charge in [-0.3, -0.25) is 4.79 Å². The van der Waals surface area contributed by atoms with E-state index in [-0.39, 0.29) is 18.0 Å². The molecule has 2 aliphatic rings. The fourth-order valence-electron chi connectivity index (χ4n) is 3.43. The van der Waals surface area contributed by atoms with Gasteiger partial charge in [-0.25, -0.2) is 9.78 Å². The van der Waals surface area contributed by atoms with Crippen LogP contribution in [0, 0.1) is 5.92 Å². The van der Waals surface area contributed by atoms with Crippen molar-refractivity contribution in [2.75, 3.05) is 31.1 Å². The summed E-state index contributed by atoms with van der Waals surface area (Å²) in [7, 11) is 0. The number of carboxylic acids is 1. The Morgan fingerprint density at radius 2 is 1.79 bits per heavy atom. The number of anilines is 1. The van der Waals surface area contributed by atoms with E-state index in [4.69, 9.17) is 5.11 Å². The lowest BCUT2D eigenvalue weighted by Gasteiger charge is -2.36. The summed E-state index contributed by atoms with van der Waals surface area (Å²) >= 11 is 0. The molecule has 0 aromatic carbocycles. The van der Waals surface area contributed by atoms with Gasteiger partial charge < -0.3 is 20.2 Å². The highest BCUT2D eigenvalue weighted by molar-refractivity contribution is 5.75. The number of piperazine rings is 1. The van der Waals surface area contributed by atoms with Crippen LogP contribution in [0.2, 0.25) is 0 Å². The second-order valence-corrected chi connectivity index (χ2v) is 6.50. The Labute approximate surface area is 141 Å². The Bertz CT molecular complexity index is 564. The molecule has 2 amide bonds. The van der Waals surface area contributed by atoms with Crippen molar-refractivity contribution < 1.29 is 14.7 Å². The second kappa shape index (κ2) is 7.51. The SMILES string of the molecule is O=C(O)C1CCC(NC(=O)N2CCN(c3ccccn3)CC2)CC1. The molecule has 0 spiro atoms. The zero-order valence-corrected chi connectivity index (χ0v) is 13.7. The summed E-state index contributed by atoms with van der Waals surface area (Å²) in [5.41, 5.74) is 0. The molecule has 0 unspecified atom stereocenters. The molecule has 7 nitrogen and oxygen atoms in total. The fraction of sp³-hybridized carbons (Fsp3) is 0.588. The van der Waals surface area contributed by atoms with Crippen LogP contribution in [0.5, 0.6) is 0 Å². The van der Waals surface area contributed by atoms with Crippen LogP contribution < -0.4 is 10.2 Å². The average molecular weight is 332 g/mol. The van der Waals surface area contributed by atoms with Crippen LogP contribution in [0.4, 0.5) is 10.6 Å². The molecule has 2 heterocycles. The van der Waals surface area contributed by atoms with Gasteiger partial charge in [0.05, 0.1) is 5.92 Å². The van der Waals surface area contributed by atoms with E-state index in [2.05, 4.69) is 15.2 Å². The highest BCUT2D eigenvalue weighted by atomic mass is 16.4. The van der Waals surface area contributed by atoms with Crippen LogP contribution in [-0.2, 0) is 4.79 Å². The number of hydrogen-bond donors (Lipinski definition) is 2. The molecule has 1 aromatic rings. The molecular formula is C17H24N4O3. The van der Waals surface area contributed by atoms with Crippen molar-refractivity contribution in [1.82, 2.24) is 15.2 Å². The number of aliphatic carboxylic acids is 1. The van der Waals surface area contributed by atoms with E-state index < -0.39 is 5.97 Å². The maximum atomic E-state index is 12.4. The van der Waals surface area contributed by atoms with Crippen molar-refractivity contribution in [1.29, 1.82) is 0 Å². The summed E-state index contributed by atoms with van der Waals surface area (Å²) in [4.78, 5) is 31.7. The van der Waals surface area contributed by atoms with Gasteiger partial charge in [-0.15, -0.1) is 0 Å². The van der Waals surface area contributed by atoms with Crippen LogP contribution in [0.15, 0.2) is 24.4 Å². The molecular weight excluding hydrogens is 308 g/mol. The summed E-state index contributed by atoms with van der Waals surface area (Å²) in [6.07, 6.45) is 4.57. The van der Waals surface area contributed by atoms with Crippen molar-refractivity contribution in [3.63, 3.8) is 0 Å². The van der Waals surface area contributed by atoms with Crippen LogP contribution in [0.3, 0.4) is 0 Å². The molecule has 1 saturated heterocycles. The minimum absolute atomic E-state index is 0.0329. The number of urea groups is 1. The van der Waals surface area contributed by atoms with Gasteiger partial charge in [-0.1, -0.05) is 6.07 Å². The number of nitrogens with zero attached hydrogens (tertiary/aromatic N) is 3. The van der Waals surface area contributed by atoms with Gasteiger partial charge in [0.1, 0.15) is 5.82 Å². The third-order valence-corrected chi connectivity index (χ3v) is 4.94. The summed E-state index contributed by atoms with van der Waals surface area (Å²) in [6, 6.07) is 5.91. The van der Waals surface area contributed by atoms with Crippen LogP contribution in [-0.4, -0.2) is 59.2 Å². The fourth-order valence-corrected chi connectivity index (χ4v) is 3.43. The molecule has 0 bridgehead atoms. The Morgan fingerprint density at radius 3 is 2.38 bits per heavy atom. The van der Waals surface area contributed by atoms with Crippen molar-refractivity contribution in [2.45, 2.75) is 31.7 Å². The quantitative estimate of drug-likeness (QED) is 0.877. The highest BCUT2D eigenvalue weighted by Crippen LogP contribution is 2.24. The summed E-state index contributed by atoms with van der Waals surface area (Å²) < 4.78 is 0. The second-order valence-electron chi connectivity index (χ2n) is 6.50. The first-order valence-corrected chi connectivity index (χ1v) is 8.57. The number of nitrogens with one attached hydrogen (secondary N) is 1. The van der Waals surface area contributed by atoms with Gasteiger partial charge in [0.2, 0.25) is 0 Å². The van der Waals surface area contributed by atoms with Gasteiger partial charge >= 0.3 is 12.0 Å². The third-order valence-electron chi connectivity index (χ3n) is 4.94. The number of carbonyl (C=O) groups excluding carboxylic acids is 1. The topological polar surface area (TPSA) is 85.8 Å². The highest BCUT2D eigenvalue weighted by Gasteiger charge is 2.28. The molecule has 3 rings (SSSR count). The summed E-state index contributed by atoms with van der Waals surface area (Å²) in [6.45, 7) is 2.89. The number of carbonyl (C=O) groups is 2. The standard InChI is InChI=1S/C17H24N4O3/c22-16(23)13-4-6-14(7-5-13)19-17(24)21-11-9-20(10-12-21)15-3-1-2-8-18-15/h1-3,8,13-14H,4-7,9-12H2,(H,19,24)(H,22,23). The lowest BCUT2D eigenvalue weighted by atomic mass is 9.86. The van der Waals surface area contributed by atoms with Crippen molar-refractivity contribution in [2.24, 2.45) is 5.92 Å². The first kappa shape index (κ1) is 16.5. The van der Waals surface area contributed by atoms with E-state index in [1.165, 1.54) is 0 Å². The molecule has 1 saturated carbocycles.